The number of Topliss-reactive ketones (excluding diaryl/α,β-unsaturated/α-hetero) is 1. The van der Waals surface area contributed by atoms with Crippen molar-refractivity contribution in [3.05, 3.63) is 70.8 Å². The molecule has 0 spiro atoms. The minimum atomic E-state index is -0.608. The zero-order valence-corrected chi connectivity index (χ0v) is 13.8. The predicted octanol–water partition coefficient (Wildman–Crippen LogP) is 4.54. The van der Waals surface area contributed by atoms with Gasteiger partial charge in [0.25, 0.3) is 0 Å². The molecule has 0 aliphatic carbocycles. The van der Waals surface area contributed by atoms with Crippen LogP contribution < -0.4 is 0 Å². The van der Waals surface area contributed by atoms with Crippen LogP contribution in [0.25, 0.3) is 0 Å². The molecule has 0 saturated carbocycles. The molecule has 0 atom stereocenters. The Morgan fingerprint density at radius 2 is 1.71 bits per heavy atom. The standard InChI is InChI=1S/C19H18F2N2O/c1-12-9-16(20)11-18(21)17(12)10-13(2)22-23-14(3)19(24)15-7-5-4-6-8-15/h4-9,11H,10H2,1-3H3/b22-13-,23-14-. The van der Waals surface area contributed by atoms with Crippen molar-refractivity contribution in [1.82, 2.24) is 0 Å². The number of hydrogen-bond donors (Lipinski definition) is 0. The highest BCUT2D eigenvalue weighted by Crippen LogP contribution is 2.16. The van der Waals surface area contributed by atoms with E-state index in [4.69, 9.17) is 0 Å². The van der Waals surface area contributed by atoms with Gasteiger partial charge in [0.05, 0.1) is 0 Å². The number of ketones is 1. The van der Waals surface area contributed by atoms with Gasteiger partial charge in [-0.05, 0) is 38.0 Å². The van der Waals surface area contributed by atoms with Crippen molar-refractivity contribution in [1.29, 1.82) is 0 Å². The summed E-state index contributed by atoms with van der Waals surface area (Å²) in [4.78, 5) is 12.2. The van der Waals surface area contributed by atoms with E-state index < -0.39 is 11.6 Å². The number of hydrogen-bond acceptors (Lipinski definition) is 3. The fraction of sp³-hybridized carbons (Fsp3) is 0.211. The molecular formula is C19H18F2N2O. The molecule has 5 heteroatoms. The second-order valence-electron chi connectivity index (χ2n) is 5.58. The van der Waals surface area contributed by atoms with E-state index >= 15 is 0 Å². The normalized spacial score (nSPS) is 12.4. The molecule has 0 aliphatic rings. The molecule has 0 fully saturated rings. The molecule has 24 heavy (non-hydrogen) atoms. The Bertz CT molecular complexity index is 788. The number of carbonyl (C=O) groups excluding carboxylic acids is 1. The van der Waals surface area contributed by atoms with Gasteiger partial charge < -0.3 is 0 Å². The molecule has 2 aromatic carbocycles. The molecule has 0 bridgehead atoms. The van der Waals surface area contributed by atoms with E-state index in [-0.39, 0.29) is 17.9 Å². The van der Waals surface area contributed by atoms with E-state index in [9.17, 15) is 13.6 Å². The van der Waals surface area contributed by atoms with Crippen LogP contribution in [-0.4, -0.2) is 17.2 Å². The van der Waals surface area contributed by atoms with Crippen molar-refractivity contribution in [3.63, 3.8) is 0 Å². The molecule has 0 saturated heterocycles. The Balaban J connectivity index is 2.15. The summed E-state index contributed by atoms with van der Waals surface area (Å²) in [6.45, 7) is 4.91. The van der Waals surface area contributed by atoms with Crippen LogP contribution >= 0.6 is 0 Å². The molecule has 0 unspecified atom stereocenters. The van der Waals surface area contributed by atoms with E-state index in [0.717, 1.165) is 6.07 Å². The third-order valence-electron chi connectivity index (χ3n) is 3.55. The third-order valence-corrected chi connectivity index (χ3v) is 3.55. The SMILES string of the molecule is C/C(Cc1c(C)cc(F)cc1F)=N/N=C(/C)C(=O)c1ccccc1. The highest BCUT2D eigenvalue weighted by atomic mass is 19.1. The fourth-order valence-electron chi connectivity index (χ4n) is 2.25. The summed E-state index contributed by atoms with van der Waals surface area (Å²) in [6.07, 6.45) is 0.203. The molecule has 0 N–H and O–H groups in total. The van der Waals surface area contributed by atoms with Crippen LogP contribution in [0, 0.1) is 18.6 Å². The number of halogens is 2. The molecule has 3 nitrogen and oxygen atoms in total. The van der Waals surface area contributed by atoms with Crippen LogP contribution in [0.2, 0.25) is 0 Å². The molecule has 124 valence electrons. The van der Waals surface area contributed by atoms with Gasteiger partial charge in [-0.2, -0.15) is 10.2 Å². The minimum Gasteiger partial charge on any atom is -0.287 e. The van der Waals surface area contributed by atoms with Crippen molar-refractivity contribution in [2.45, 2.75) is 27.2 Å². The molecule has 0 radical (unpaired) electrons. The number of rotatable bonds is 5. The van der Waals surface area contributed by atoms with E-state index in [1.165, 1.54) is 6.07 Å². The zero-order valence-electron chi connectivity index (χ0n) is 13.8. The quantitative estimate of drug-likeness (QED) is 0.451. The number of benzene rings is 2. The van der Waals surface area contributed by atoms with Crippen LogP contribution in [0.5, 0.6) is 0 Å². The van der Waals surface area contributed by atoms with Gasteiger partial charge in [0.1, 0.15) is 17.3 Å². The molecule has 0 aromatic heterocycles. The first-order chi connectivity index (χ1) is 11.4. The second kappa shape index (κ2) is 7.73. The monoisotopic (exact) mass is 328 g/mol. The molecule has 0 aliphatic heterocycles. The van der Waals surface area contributed by atoms with Crippen LogP contribution in [0.3, 0.4) is 0 Å². The first kappa shape index (κ1) is 17.7. The number of aryl methyl sites for hydroxylation is 1. The zero-order chi connectivity index (χ0) is 17.7. The topological polar surface area (TPSA) is 41.8 Å². The summed E-state index contributed by atoms with van der Waals surface area (Å²) >= 11 is 0. The molecule has 0 amide bonds. The van der Waals surface area contributed by atoms with Gasteiger partial charge in [0.15, 0.2) is 0 Å². The summed E-state index contributed by atoms with van der Waals surface area (Å²) in [5, 5.41) is 7.93. The highest BCUT2D eigenvalue weighted by molar-refractivity contribution is 6.45. The largest absolute Gasteiger partial charge is 0.287 e. The first-order valence-corrected chi connectivity index (χ1v) is 7.50. The van der Waals surface area contributed by atoms with E-state index in [1.807, 2.05) is 6.07 Å². The minimum absolute atomic E-state index is 0.203. The Labute approximate surface area is 139 Å². The number of carbonyl (C=O) groups is 1. The van der Waals surface area contributed by atoms with E-state index in [2.05, 4.69) is 10.2 Å². The Hall–Kier alpha value is -2.69. The highest BCUT2D eigenvalue weighted by Gasteiger charge is 2.11. The summed E-state index contributed by atoms with van der Waals surface area (Å²) in [7, 11) is 0. The van der Waals surface area contributed by atoms with Crippen molar-refractivity contribution in [2.24, 2.45) is 10.2 Å². The average molecular weight is 328 g/mol. The molecule has 2 aromatic rings. The lowest BCUT2D eigenvalue weighted by molar-refractivity contribution is 0.106. The van der Waals surface area contributed by atoms with Crippen molar-refractivity contribution >= 4 is 17.2 Å². The van der Waals surface area contributed by atoms with Gasteiger partial charge in [0, 0.05) is 23.8 Å². The lowest BCUT2D eigenvalue weighted by Gasteiger charge is -2.07. The average Bonchev–Trinajstić information content (AvgIpc) is 2.56. The van der Waals surface area contributed by atoms with Gasteiger partial charge in [-0.15, -0.1) is 0 Å². The molecule has 0 heterocycles. The maximum atomic E-state index is 13.8. The van der Waals surface area contributed by atoms with Crippen LogP contribution in [-0.2, 0) is 6.42 Å². The van der Waals surface area contributed by atoms with Gasteiger partial charge in [-0.1, -0.05) is 30.3 Å². The van der Waals surface area contributed by atoms with Gasteiger partial charge in [-0.25, -0.2) is 8.78 Å². The van der Waals surface area contributed by atoms with Crippen LogP contribution in [0.4, 0.5) is 8.78 Å². The van der Waals surface area contributed by atoms with Crippen molar-refractivity contribution in [2.75, 3.05) is 0 Å². The first-order valence-electron chi connectivity index (χ1n) is 7.50. The van der Waals surface area contributed by atoms with E-state index in [1.54, 1.807) is 45.0 Å². The summed E-state index contributed by atoms with van der Waals surface area (Å²) in [6, 6.07) is 10.9. The Morgan fingerprint density at radius 3 is 2.33 bits per heavy atom. The maximum absolute atomic E-state index is 13.8. The molecular weight excluding hydrogens is 310 g/mol. The summed E-state index contributed by atoms with van der Waals surface area (Å²) < 4.78 is 27.0. The lowest BCUT2D eigenvalue weighted by Crippen LogP contribution is -2.10. The third kappa shape index (κ3) is 4.41. The lowest BCUT2D eigenvalue weighted by atomic mass is 10.0. The second-order valence-corrected chi connectivity index (χ2v) is 5.58. The maximum Gasteiger partial charge on any atom is 0.208 e. The summed E-state index contributed by atoms with van der Waals surface area (Å²) in [5.41, 5.74) is 2.20. The Morgan fingerprint density at radius 1 is 1.04 bits per heavy atom. The summed E-state index contributed by atoms with van der Waals surface area (Å²) in [5.74, 6) is -1.43. The fourth-order valence-corrected chi connectivity index (χ4v) is 2.25. The van der Waals surface area contributed by atoms with Gasteiger partial charge in [0.2, 0.25) is 5.78 Å². The number of nitrogens with zero attached hydrogens (tertiary/aromatic N) is 2. The van der Waals surface area contributed by atoms with Crippen LogP contribution in [0.1, 0.15) is 35.3 Å². The van der Waals surface area contributed by atoms with Crippen molar-refractivity contribution < 1.29 is 13.6 Å². The smallest absolute Gasteiger partial charge is 0.208 e. The Kier molecular flexibility index (Phi) is 5.68. The molecule has 2 rings (SSSR count). The van der Waals surface area contributed by atoms with Gasteiger partial charge >= 0.3 is 0 Å². The van der Waals surface area contributed by atoms with E-state index in [0.29, 0.717) is 22.4 Å². The van der Waals surface area contributed by atoms with Gasteiger partial charge in [-0.3, -0.25) is 4.79 Å². The predicted molar refractivity (Wildman–Crippen MR) is 91.8 cm³/mol. The van der Waals surface area contributed by atoms with Crippen molar-refractivity contribution in [3.8, 4) is 0 Å². The van der Waals surface area contributed by atoms with Crippen LogP contribution in [0.15, 0.2) is 52.7 Å².